The van der Waals surface area contributed by atoms with Gasteiger partial charge in [0.15, 0.2) is 0 Å². The van der Waals surface area contributed by atoms with Gasteiger partial charge in [0.1, 0.15) is 17.8 Å². The second kappa shape index (κ2) is 8.39. The van der Waals surface area contributed by atoms with Gasteiger partial charge in [0.05, 0.1) is 16.8 Å². The Kier molecular flexibility index (Phi) is 5.28. The second-order valence-corrected chi connectivity index (χ2v) is 8.82. The SMILES string of the molecule is CC(C)COc1ccc(-c2nn(-c3ccccc3)cc2/C=c2\sc3ncnn3c2=O)cc1. The van der Waals surface area contributed by atoms with Gasteiger partial charge in [-0.25, -0.2) is 9.67 Å². The highest BCUT2D eigenvalue weighted by atomic mass is 32.1. The molecule has 0 saturated heterocycles. The summed E-state index contributed by atoms with van der Waals surface area (Å²) in [5.74, 6) is 1.28. The van der Waals surface area contributed by atoms with E-state index < -0.39 is 0 Å². The van der Waals surface area contributed by atoms with Gasteiger partial charge in [0, 0.05) is 17.3 Å². The first kappa shape index (κ1) is 20.1. The maximum atomic E-state index is 12.7. The summed E-state index contributed by atoms with van der Waals surface area (Å²) in [7, 11) is 0. The summed E-state index contributed by atoms with van der Waals surface area (Å²) in [4.78, 5) is 17.4. The van der Waals surface area contributed by atoms with Crippen LogP contribution in [0.3, 0.4) is 0 Å². The van der Waals surface area contributed by atoms with Crippen LogP contribution in [0.25, 0.3) is 28.0 Å². The number of fused-ring (bicyclic) bond motifs is 1. The summed E-state index contributed by atoms with van der Waals surface area (Å²) in [6.45, 7) is 4.91. The first-order chi connectivity index (χ1) is 15.6. The number of benzene rings is 2. The van der Waals surface area contributed by atoms with Crippen LogP contribution < -0.4 is 14.8 Å². The fraction of sp³-hybridized carbons (Fsp3) is 0.167. The van der Waals surface area contributed by atoms with E-state index in [9.17, 15) is 4.79 Å². The molecule has 0 aliphatic carbocycles. The largest absolute Gasteiger partial charge is 0.493 e. The zero-order valence-electron chi connectivity index (χ0n) is 17.7. The average Bonchev–Trinajstić information content (AvgIpc) is 3.51. The third-order valence-corrected chi connectivity index (χ3v) is 5.86. The summed E-state index contributed by atoms with van der Waals surface area (Å²) in [5, 5.41) is 8.83. The Hall–Kier alpha value is -3.78. The molecule has 0 atom stereocenters. The molecule has 7 nitrogen and oxygen atoms in total. The molecule has 0 amide bonds. The van der Waals surface area contributed by atoms with Crippen molar-refractivity contribution in [2.24, 2.45) is 5.92 Å². The molecule has 0 radical (unpaired) electrons. The molecule has 3 aromatic heterocycles. The summed E-state index contributed by atoms with van der Waals surface area (Å²) in [6, 6.07) is 17.8. The van der Waals surface area contributed by atoms with Gasteiger partial charge >= 0.3 is 0 Å². The van der Waals surface area contributed by atoms with Crippen molar-refractivity contribution < 1.29 is 4.74 Å². The molecule has 0 N–H and O–H groups in total. The Morgan fingerprint density at radius 3 is 2.59 bits per heavy atom. The molecule has 32 heavy (non-hydrogen) atoms. The standard InChI is InChI=1S/C24H21N5O2S/c1-16(2)14-31-20-10-8-17(9-11-20)22-18(13-28(27-22)19-6-4-3-5-7-19)12-21-23(30)29-24(32-21)25-15-26-29/h3-13,15-16H,14H2,1-2H3/b21-12-. The molecule has 0 aliphatic rings. The highest BCUT2D eigenvalue weighted by Gasteiger charge is 2.13. The van der Waals surface area contributed by atoms with Gasteiger partial charge in [0.25, 0.3) is 5.56 Å². The van der Waals surface area contributed by atoms with Crippen molar-refractivity contribution in [1.82, 2.24) is 24.4 Å². The summed E-state index contributed by atoms with van der Waals surface area (Å²) in [6.07, 6.45) is 5.18. The topological polar surface area (TPSA) is 74.3 Å². The Morgan fingerprint density at radius 1 is 1.09 bits per heavy atom. The second-order valence-electron chi connectivity index (χ2n) is 7.81. The lowest BCUT2D eigenvalue weighted by Crippen LogP contribution is -2.23. The van der Waals surface area contributed by atoms with Crippen molar-refractivity contribution in [3.05, 3.63) is 87.6 Å². The van der Waals surface area contributed by atoms with Crippen LogP contribution in [0.2, 0.25) is 0 Å². The Labute approximate surface area is 188 Å². The molecule has 5 rings (SSSR count). The third kappa shape index (κ3) is 3.92. The molecule has 0 unspecified atom stereocenters. The molecular formula is C24H21N5O2S. The number of hydrogen-bond donors (Lipinski definition) is 0. The number of hydrogen-bond acceptors (Lipinski definition) is 6. The van der Waals surface area contributed by atoms with Crippen LogP contribution in [-0.4, -0.2) is 31.0 Å². The Morgan fingerprint density at radius 2 is 1.88 bits per heavy atom. The minimum absolute atomic E-state index is 0.182. The van der Waals surface area contributed by atoms with Crippen molar-refractivity contribution >= 4 is 22.4 Å². The van der Waals surface area contributed by atoms with Crippen molar-refractivity contribution in [2.75, 3.05) is 6.61 Å². The maximum absolute atomic E-state index is 12.7. The lowest BCUT2D eigenvalue weighted by molar-refractivity contribution is 0.271. The molecule has 2 aromatic carbocycles. The first-order valence-corrected chi connectivity index (χ1v) is 11.1. The fourth-order valence-electron chi connectivity index (χ4n) is 3.32. The van der Waals surface area contributed by atoms with E-state index >= 15 is 0 Å². The summed E-state index contributed by atoms with van der Waals surface area (Å²) >= 11 is 1.31. The number of ether oxygens (including phenoxy) is 1. The molecule has 5 aromatic rings. The van der Waals surface area contributed by atoms with Crippen LogP contribution >= 0.6 is 11.3 Å². The number of para-hydroxylation sites is 1. The average molecular weight is 444 g/mol. The zero-order chi connectivity index (χ0) is 22.1. The molecule has 0 saturated carbocycles. The van der Waals surface area contributed by atoms with Crippen LogP contribution in [-0.2, 0) is 0 Å². The van der Waals surface area contributed by atoms with Crippen LogP contribution in [0.1, 0.15) is 19.4 Å². The fourth-order valence-corrected chi connectivity index (χ4v) is 4.19. The van der Waals surface area contributed by atoms with E-state index in [1.54, 1.807) is 0 Å². The molecule has 0 fully saturated rings. The zero-order valence-corrected chi connectivity index (χ0v) is 18.5. The lowest BCUT2D eigenvalue weighted by Gasteiger charge is -2.09. The number of nitrogens with zero attached hydrogens (tertiary/aromatic N) is 5. The van der Waals surface area contributed by atoms with E-state index in [1.807, 2.05) is 71.6 Å². The molecular weight excluding hydrogens is 422 g/mol. The quantitative estimate of drug-likeness (QED) is 0.401. The van der Waals surface area contributed by atoms with Crippen molar-refractivity contribution in [1.29, 1.82) is 0 Å². The molecule has 0 aliphatic heterocycles. The van der Waals surface area contributed by atoms with Gasteiger partial charge in [-0.2, -0.15) is 14.7 Å². The van der Waals surface area contributed by atoms with Gasteiger partial charge in [-0.15, -0.1) is 0 Å². The van der Waals surface area contributed by atoms with Crippen molar-refractivity contribution in [3.63, 3.8) is 0 Å². The van der Waals surface area contributed by atoms with E-state index in [0.29, 0.717) is 22.0 Å². The maximum Gasteiger partial charge on any atom is 0.291 e. The number of aromatic nitrogens is 5. The van der Waals surface area contributed by atoms with Crippen LogP contribution in [0.15, 0.2) is 71.9 Å². The normalized spacial score (nSPS) is 12.2. The molecule has 160 valence electrons. The predicted molar refractivity (Wildman–Crippen MR) is 125 cm³/mol. The monoisotopic (exact) mass is 443 g/mol. The predicted octanol–water partition coefficient (Wildman–Crippen LogP) is 3.59. The van der Waals surface area contributed by atoms with E-state index in [-0.39, 0.29) is 5.56 Å². The van der Waals surface area contributed by atoms with E-state index in [0.717, 1.165) is 28.3 Å². The minimum atomic E-state index is -0.182. The van der Waals surface area contributed by atoms with Crippen LogP contribution in [0.5, 0.6) is 5.75 Å². The smallest absolute Gasteiger partial charge is 0.291 e. The molecule has 8 heteroatoms. The van der Waals surface area contributed by atoms with Crippen molar-refractivity contribution in [2.45, 2.75) is 13.8 Å². The third-order valence-electron chi connectivity index (χ3n) is 4.88. The van der Waals surface area contributed by atoms with Gasteiger partial charge in [-0.05, 0) is 48.4 Å². The Balaban J connectivity index is 1.60. The van der Waals surface area contributed by atoms with Crippen molar-refractivity contribution in [3.8, 4) is 22.7 Å². The van der Waals surface area contributed by atoms with Gasteiger partial charge in [-0.1, -0.05) is 43.4 Å². The van der Waals surface area contributed by atoms with Gasteiger partial charge < -0.3 is 4.74 Å². The molecule has 3 heterocycles. The first-order valence-electron chi connectivity index (χ1n) is 10.3. The van der Waals surface area contributed by atoms with E-state index in [4.69, 9.17) is 9.84 Å². The lowest BCUT2D eigenvalue weighted by atomic mass is 10.1. The molecule has 0 bridgehead atoms. The summed E-state index contributed by atoms with van der Waals surface area (Å²) < 4.78 is 9.51. The van der Waals surface area contributed by atoms with E-state index in [1.165, 1.54) is 22.2 Å². The molecule has 0 spiro atoms. The Bertz CT molecular complexity index is 1470. The number of thiazole rings is 1. The number of rotatable bonds is 6. The van der Waals surface area contributed by atoms with Gasteiger partial charge in [0.2, 0.25) is 4.96 Å². The minimum Gasteiger partial charge on any atom is -0.493 e. The van der Waals surface area contributed by atoms with Crippen LogP contribution in [0, 0.1) is 5.92 Å². The van der Waals surface area contributed by atoms with Crippen LogP contribution in [0.4, 0.5) is 0 Å². The van der Waals surface area contributed by atoms with E-state index in [2.05, 4.69) is 23.9 Å². The highest BCUT2D eigenvalue weighted by Crippen LogP contribution is 2.26. The summed E-state index contributed by atoms with van der Waals surface area (Å²) in [5.41, 5.74) is 3.32. The highest BCUT2D eigenvalue weighted by molar-refractivity contribution is 7.15. The van der Waals surface area contributed by atoms with Gasteiger partial charge in [-0.3, -0.25) is 4.79 Å².